The van der Waals surface area contributed by atoms with Crippen molar-refractivity contribution in [1.82, 2.24) is 15.2 Å². The number of methoxy groups -OCH3 is 1. The molecular formula is C15H21N5O. The molecule has 0 radical (unpaired) electrons. The van der Waals surface area contributed by atoms with Crippen molar-refractivity contribution < 1.29 is 4.74 Å². The van der Waals surface area contributed by atoms with Gasteiger partial charge >= 0.3 is 0 Å². The van der Waals surface area contributed by atoms with E-state index >= 15 is 0 Å². The molecule has 1 aromatic heterocycles. The fraction of sp³-hybridized carbons (Fsp3) is 0.400. The van der Waals surface area contributed by atoms with E-state index in [-0.39, 0.29) is 0 Å². The van der Waals surface area contributed by atoms with Crippen molar-refractivity contribution in [2.45, 2.75) is 20.3 Å². The fourth-order valence-electron chi connectivity index (χ4n) is 1.99. The number of ether oxygens (including phenoxy) is 1. The Balaban J connectivity index is 2.44. The van der Waals surface area contributed by atoms with Gasteiger partial charge in [0.2, 0.25) is 5.95 Å². The molecule has 0 atom stereocenters. The number of nitrogens with zero attached hydrogens (tertiary/aromatic N) is 4. The number of benzene rings is 1. The van der Waals surface area contributed by atoms with Crippen molar-refractivity contribution in [1.29, 1.82) is 0 Å². The lowest BCUT2D eigenvalue weighted by molar-refractivity contribution is 0.415. The number of nitrogens with two attached hydrogens (primary N) is 1. The Morgan fingerprint density at radius 3 is 2.57 bits per heavy atom. The first kappa shape index (κ1) is 15.2. The molecule has 0 amide bonds. The summed E-state index contributed by atoms with van der Waals surface area (Å²) in [6.45, 7) is 5.13. The quantitative estimate of drug-likeness (QED) is 0.875. The van der Waals surface area contributed by atoms with Gasteiger partial charge in [0.1, 0.15) is 5.75 Å². The van der Waals surface area contributed by atoms with Gasteiger partial charge in [-0.15, -0.1) is 5.10 Å². The number of hydrogen-bond donors (Lipinski definition) is 1. The Morgan fingerprint density at radius 2 is 1.90 bits per heavy atom. The Bertz CT molecular complexity index is 602. The summed E-state index contributed by atoms with van der Waals surface area (Å²) in [4.78, 5) is 6.52. The number of hydrogen-bond acceptors (Lipinski definition) is 6. The second-order valence-electron chi connectivity index (χ2n) is 4.75. The van der Waals surface area contributed by atoms with Gasteiger partial charge in [0.15, 0.2) is 0 Å². The highest BCUT2D eigenvalue weighted by atomic mass is 16.5. The van der Waals surface area contributed by atoms with Crippen LogP contribution >= 0.6 is 0 Å². The number of aryl methyl sites for hydroxylation is 2. The number of para-hydroxylation sites is 2. The highest BCUT2D eigenvalue weighted by molar-refractivity contribution is 5.65. The van der Waals surface area contributed by atoms with E-state index in [4.69, 9.17) is 10.5 Å². The van der Waals surface area contributed by atoms with E-state index in [0.29, 0.717) is 19.0 Å². The molecule has 1 aromatic carbocycles. The van der Waals surface area contributed by atoms with Gasteiger partial charge in [0, 0.05) is 6.54 Å². The molecule has 6 nitrogen and oxygen atoms in total. The minimum atomic E-state index is 0.566. The highest BCUT2D eigenvalue weighted by Crippen LogP contribution is 2.31. The summed E-state index contributed by atoms with van der Waals surface area (Å²) in [5, 5.41) is 8.37. The first-order valence-corrected chi connectivity index (χ1v) is 6.96. The first-order valence-electron chi connectivity index (χ1n) is 6.96. The average Bonchev–Trinajstić information content (AvgIpc) is 2.51. The van der Waals surface area contributed by atoms with Crippen molar-refractivity contribution in [3.63, 3.8) is 0 Å². The lowest BCUT2D eigenvalue weighted by Gasteiger charge is -2.24. The van der Waals surface area contributed by atoms with Crippen LogP contribution in [0.25, 0.3) is 0 Å². The van der Waals surface area contributed by atoms with Crippen LogP contribution in [-0.2, 0) is 0 Å². The Labute approximate surface area is 125 Å². The van der Waals surface area contributed by atoms with E-state index in [0.717, 1.165) is 29.2 Å². The molecule has 0 saturated heterocycles. The third-order valence-corrected chi connectivity index (χ3v) is 3.28. The van der Waals surface area contributed by atoms with Crippen molar-refractivity contribution in [3.05, 3.63) is 35.7 Å². The zero-order chi connectivity index (χ0) is 15.2. The van der Waals surface area contributed by atoms with Crippen LogP contribution < -0.4 is 15.4 Å². The Hall–Kier alpha value is -2.21. The van der Waals surface area contributed by atoms with Crippen LogP contribution in [-0.4, -0.2) is 35.4 Å². The van der Waals surface area contributed by atoms with Gasteiger partial charge < -0.3 is 15.4 Å². The Kier molecular flexibility index (Phi) is 5.05. The van der Waals surface area contributed by atoms with Gasteiger partial charge in [-0.05, 0) is 38.9 Å². The molecule has 0 saturated carbocycles. The minimum Gasteiger partial charge on any atom is -0.495 e. The summed E-state index contributed by atoms with van der Waals surface area (Å²) in [6, 6.07) is 7.79. The Morgan fingerprint density at radius 1 is 1.14 bits per heavy atom. The van der Waals surface area contributed by atoms with Gasteiger partial charge in [0.25, 0.3) is 0 Å². The highest BCUT2D eigenvalue weighted by Gasteiger charge is 2.17. The molecule has 2 rings (SSSR count). The van der Waals surface area contributed by atoms with Gasteiger partial charge in [-0.3, -0.25) is 0 Å². The molecule has 112 valence electrons. The molecule has 6 heteroatoms. The second-order valence-corrected chi connectivity index (χ2v) is 4.75. The predicted molar refractivity (Wildman–Crippen MR) is 83.0 cm³/mol. The van der Waals surface area contributed by atoms with Crippen LogP contribution in [0.3, 0.4) is 0 Å². The SMILES string of the molecule is COc1ccccc1N(CCCN)c1nnc(C)c(C)n1. The first-order chi connectivity index (χ1) is 10.2. The number of aromatic nitrogens is 3. The maximum absolute atomic E-state index is 5.64. The second kappa shape index (κ2) is 6.99. The summed E-state index contributed by atoms with van der Waals surface area (Å²) in [5.41, 5.74) is 8.26. The lowest BCUT2D eigenvalue weighted by Crippen LogP contribution is -2.24. The van der Waals surface area contributed by atoms with Crippen LogP contribution in [0.5, 0.6) is 5.75 Å². The van der Waals surface area contributed by atoms with E-state index in [9.17, 15) is 0 Å². The summed E-state index contributed by atoms with van der Waals surface area (Å²) >= 11 is 0. The maximum Gasteiger partial charge on any atom is 0.250 e. The van der Waals surface area contributed by atoms with Gasteiger partial charge in [-0.25, -0.2) is 4.98 Å². The van der Waals surface area contributed by atoms with Crippen molar-refractivity contribution in [2.75, 3.05) is 25.1 Å². The molecule has 0 fully saturated rings. The van der Waals surface area contributed by atoms with Crippen LogP contribution in [0.1, 0.15) is 17.8 Å². The molecule has 0 aliphatic heterocycles. The molecule has 0 bridgehead atoms. The summed E-state index contributed by atoms with van der Waals surface area (Å²) in [5.74, 6) is 1.34. The molecular weight excluding hydrogens is 266 g/mol. The van der Waals surface area contributed by atoms with Crippen LogP contribution in [0, 0.1) is 13.8 Å². The van der Waals surface area contributed by atoms with Crippen molar-refractivity contribution in [3.8, 4) is 5.75 Å². The molecule has 21 heavy (non-hydrogen) atoms. The van der Waals surface area contributed by atoms with Crippen LogP contribution in [0.2, 0.25) is 0 Å². The summed E-state index contributed by atoms with van der Waals surface area (Å²) < 4.78 is 5.43. The number of rotatable bonds is 6. The van der Waals surface area contributed by atoms with Crippen molar-refractivity contribution in [2.24, 2.45) is 5.73 Å². The zero-order valence-electron chi connectivity index (χ0n) is 12.7. The summed E-state index contributed by atoms with van der Waals surface area (Å²) in [7, 11) is 1.65. The molecule has 0 aliphatic carbocycles. The zero-order valence-corrected chi connectivity index (χ0v) is 12.7. The van der Waals surface area contributed by atoms with E-state index in [2.05, 4.69) is 15.2 Å². The monoisotopic (exact) mass is 287 g/mol. The topological polar surface area (TPSA) is 77.2 Å². The smallest absolute Gasteiger partial charge is 0.250 e. The molecule has 1 heterocycles. The fourth-order valence-corrected chi connectivity index (χ4v) is 1.99. The van der Waals surface area contributed by atoms with E-state index in [1.807, 2.05) is 43.0 Å². The van der Waals surface area contributed by atoms with E-state index in [1.54, 1.807) is 7.11 Å². The average molecular weight is 287 g/mol. The summed E-state index contributed by atoms with van der Waals surface area (Å²) in [6.07, 6.45) is 0.828. The van der Waals surface area contributed by atoms with E-state index in [1.165, 1.54) is 0 Å². The molecule has 0 unspecified atom stereocenters. The lowest BCUT2D eigenvalue weighted by atomic mass is 10.2. The maximum atomic E-state index is 5.64. The third kappa shape index (κ3) is 3.46. The molecule has 0 aliphatic rings. The largest absolute Gasteiger partial charge is 0.495 e. The predicted octanol–water partition coefficient (Wildman–Crippen LogP) is 1.98. The minimum absolute atomic E-state index is 0.566. The molecule has 2 aromatic rings. The van der Waals surface area contributed by atoms with Gasteiger partial charge in [-0.2, -0.15) is 5.10 Å². The van der Waals surface area contributed by atoms with Crippen LogP contribution in [0.15, 0.2) is 24.3 Å². The van der Waals surface area contributed by atoms with Crippen LogP contribution in [0.4, 0.5) is 11.6 Å². The molecule has 0 spiro atoms. The normalized spacial score (nSPS) is 10.5. The van der Waals surface area contributed by atoms with Crippen molar-refractivity contribution >= 4 is 11.6 Å². The standard InChI is InChI=1S/C15H21N5O/c1-11-12(2)18-19-15(17-11)20(10-6-9-16)13-7-4-5-8-14(13)21-3/h4-5,7-8H,6,9-10,16H2,1-3H3. The number of anilines is 2. The van der Waals surface area contributed by atoms with E-state index < -0.39 is 0 Å². The van der Waals surface area contributed by atoms with Gasteiger partial charge in [-0.1, -0.05) is 12.1 Å². The third-order valence-electron chi connectivity index (χ3n) is 3.28. The van der Waals surface area contributed by atoms with Gasteiger partial charge in [0.05, 0.1) is 24.2 Å². The molecule has 2 N–H and O–H groups in total.